The second-order valence-corrected chi connectivity index (χ2v) is 4.09. The van der Waals surface area contributed by atoms with Gasteiger partial charge in [0.2, 0.25) is 0 Å². The van der Waals surface area contributed by atoms with E-state index in [0.717, 1.165) is 25.7 Å². The molecule has 2 heterocycles. The highest BCUT2D eigenvalue weighted by molar-refractivity contribution is 4.95. The highest BCUT2D eigenvalue weighted by Gasteiger charge is 2.40. The van der Waals surface area contributed by atoms with Crippen LogP contribution in [-0.2, 0) is 0 Å². The summed E-state index contributed by atoms with van der Waals surface area (Å²) in [7, 11) is 2.01. The Bertz CT molecular complexity index is 156. The maximum absolute atomic E-state index is 9.65. The molecule has 3 nitrogen and oxygen atoms in total. The second-order valence-electron chi connectivity index (χ2n) is 4.09. The topological polar surface area (TPSA) is 43.7 Å². The van der Waals surface area contributed by atoms with Gasteiger partial charge in [0.05, 0.1) is 12.2 Å². The minimum Gasteiger partial charge on any atom is -0.391 e. The summed E-state index contributed by atoms with van der Waals surface area (Å²) < 4.78 is 0. The molecule has 0 aromatic carbocycles. The van der Waals surface area contributed by atoms with Crippen LogP contribution in [0.2, 0.25) is 0 Å². The van der Waals surface area contributed by atoms with Crippen LogP contribution in [0.5, 0.6) is 0 Å². The van der Waals surface area contributed by atoms with E-state index >= 15 is 0 Å². The summed E-state index contributed by atoms with van der Waals surface area (Å²) in [6.07, 6.45) is 3.26. The van der Waals surface area contributed by atoms with Crippen LogP contribution < -0.4 is 0 Å². The number of hydrogen-bond acceptors (Lipinski definition) is 3. The summed E-state index contributed by atoms with van der Waals surface area (Å²) in [6, 6.07) is 0.597. The van der Waals surface area contributed by atoms with Gasteiger partial charge in [-0.1, -0.05) is 0 Å². The summed E-state index contributed by atoms with van der Waals surface area (Å²) in [6.45, 7) is 0. The van der Waals surface area contributed by atoms with Crippen molar-refractivity contribution in [3.8, 4) is 0 Å². The first kappa shape index (κ1) is 8.48. The zero-order valence-electron chi connectivity index (χ0n) is 7.48. The van der Waals surface area contributed by atoms with Gasteiger partial charge >= 0.3 is 0 Å². The van der Waals surface area contributed by atoms with Crippen molar-refractivity contribution in [2.45, 2.75) is 50.0 Å². The van der Waals surface area contributed by atoms with Crippen LogP contribution in [0.4, 0.5) is 0 Å². The number of fused-ring (bicyclic) bond motifs is 2. The normalized spacial score (nSPS) is 49.2. The van der Waals surface area contributed by atoms with Crippen LogP contribution >= 0.6 is 0 Å². The minimum atomic E-state index is -0.168. The van der Waals surface area contributed by atoms with Gasteiger partial charge in [0.1, 0.15) is 0 Å². The lowest BCUT2D eigenvalue weighted by Crippen LogP contribution is -2.58. The van der Waals surface area contributed by atoms with Crippen LogP contribution in [0.25, 0.3) is 0 Å². The summed E-state index contributed by atoms with van der Waals surface area (Å²) in [5, 5.41) is 19.3. The Morgan fingerprint density at radius 1 is 0.917 bits per heavy atom. The van der Waals surface area contributed by atoms with E-state index in [1.165, 1.54) is 0 Å². The summed E-state index contributed by atoms with van der Waals surface area (Å²) >= 11 is 0. The summed E-state index contributed by atoms with van der Waals surface area (Å²) in [5.74, 6) is 0. The number of hydrogen-bond donors (Lipinski definition) is 2. The number of aliphatic hydroxyl groups is 2. The van der Waals surface area contributed by atoms with Gasteiger partial charge in [-0.05, 0) is 32.7 Å². The fraction of sp³-hybridized carbons (Fsp3) is 1.00. The van der Waals surface area contributed by atoms with E-state index in [0.29, 0.717) is 12.1 Å². The molecule has 0 aromatic heterocycles. The van der Waals surface area contributed by atoms with Crippen LogP contribution in [0, 0.1) is 0 Å². The third kappa shape index (κ3) is 1.16. The smallest absolute Gasteiger partial charge is 0.0696 e. The Balaban J connectivity index is 2.12. The first-order valence-electron chi connectivity index (χ1n) is 4.78. The molecule has 12 heavy (non-hydrogen) atoms. The fourth-order valence-electron chi connectivity index (χ4n) is 2.65. The van der Waals surface area contributed by atoms with E-state index < -0.39 is 0 Å². The molecular weight excluding hydrogens is 154 g/mol. The van der Waals surface area contributed by atoms with Gasteiger partial charge in [-0.15, -0.1) is 0 Å². The molecule has 3 heteroatoms. The number of aliphatic hydroxyl groups excluding tert-OH is 2. The Labute approximate surface area is 73.0 Å². The molecule has 4 atom stereocenters. The van der Waals surface area contributed by atoms with Gasteiger partial charge in [-0.2, -0.15) is 0 Å². The first-order chi connectivity index (χ1) is 5.70. The van der Waals surface area contributed by atoms with Crippen LogP contribution in [0.15, 0.2) is 0 Å². The molecule has 0 radical (unpaired) electrons. The van der Waals surface area contributed by atoms with Gasteiger partial charge in [0.25, 0.3) is 0 Å². The van der Waals surface area contributed by atoms with Crippen molar-refractivity contribution >= 4 is 0 Å². The zero-order valence-corrected chi connectivity index (χ0v) is 7.48. The van der Waals surface area contributed by atoms with Crippen molar-refractivity contribution in [3.63, 3.8) is 0 Å². The molecule has 0 amide bonds. The summed E-state index contributed by atoms with van der Waals surface area (Å²) in [5.41, 5.74) is 0. The van der Waals surface area contributed by atoms with E-state index in [4.69, 9.17) is 0 Å². The number of likely N-dealkylation sites (N-methyl/N-ethyl adjacent to an activating group) is 1. The summed E-state index contributed by atoms with van der Waals surface area (Å²) in [4.78, 5) is 2.16. The zero-order chi connectivity index (χ0) is 8.72. The third-order valence-corrected chi connectivity index (χ3v) is 3.45. The van der Waals surface area contributed by atoms with E-state index in [-0.39, 0.29) is 12.2 Å². The van der Waals surface area contributed by atoms with Gasteiger partial charge in [-0.25, -0.2) is 0 Å². The monoisotopic (exact) mass is 171 g/mol. The molecule has 2 aliphatic rings. The molecule has 0 saturated carbocycles. The molecule has 2 fully saturated rings. The maximum Gasteiger partial charge on any atom is 0.0696 e. The lowest BCUT2D eigenvalue weighted by atomic mass is 9.82. The quantitative estimate of drug-likeness (QED) is 0.537. The van der Waals surface area contributed by atoms with Crippen molar-refractivity contribution < 1.29 is 10.2 Å². The predicted octanol–water partition coefficient (Wildman–Crippen LogP) is -0.0352. The Kier molecular flexibility index (Phi) is 2.10. The van der Waals surface area contributed by atoms with Gasteiger partial charge in [0, 0.05) is 12.1 Å². The first-order valence-corrected chi connectivity index (χ1v) is 4.78. The van der Waals surface area contributed by atoms with E-state index in [2.05, 4.69) is 4.90 Å². The van der Waals surface area contributed by atoms with E-state index in [1.807, 2.05) is 7.05 Å². The molecule has 0 aromatic rings. The van der Waals surface area contributed by atoms with Crippen LogP contribution in [0.1, 0.15) is 25.7 Å². The molecule has 0 spiro atoms. The van der Waals surface area contributed by atoms with Gasteiger partial charge in [0.15, 0.2) is 0 Å². The molecule has 2 aliphatic heterocycles. The van der Waals surface area contributed by atoms with Crippen molar-refractivity contribution in [1.29, 1.82) is 0 Å². The van der Waals surface area contributed by atoms with Gasteiger partial charge in [-0.3, -0.25) is 4.90 Å². The molecule has 70 valence electrons. The van der Waals surface area contributed by atoms with Gasteiger partial charge < -0.3 is 10.2 Å². The van der Waals surface area contributed by atoms with Crippen molar-refractivity contribution in [1.82, 2.24) is 4.90 Å². The fourth-order valence-corrected chi connectivity index (χ4v) is 2.65. The Morgan fingerprint density at radius 2 is 1.33 bits per heavy atom. The van der Waals surface area contributed by atoms with E-state index in [1.54, 1.807) is 0 Å². The molecule has 2 rings (SSSR count). The second kappa shape index (κ2) is 2.98. The molecule has 0 aliphatic carbocycles. The van der Waals surface area contributed by atoms with Crippen LogP contribution in [0.3, 0.4) is 0 Å². The van der Waals surface area contributed by atoms with E-state index in [9.17, 15) is 10.2 Å². The molecule has 2 bridgehead atoms. The SMILES string of the molecule is CN1C2CCC(O)C1CCC2O. The van der Waals surface area contributed by atoms with Crippen molar-refractivity contribution in [2.75, 3.05) is 7.05 Å². The largest absolute Gasteiger partial charge is 0.391 e. The molecule has 4 unspecified atom stereocenters. The molecule has 2 N–H and O–H groups in total. The highest BCUT2D eigenvalue weighted by Crippen LogP contribution is 2.32. The standard InChI is InChI=1S/C9H17NO2/c1-10-6-2-4-8(11)7(10)3-5-9(6)12/h6-9,11-12H,2-5H2,1H3. The van der Waals surface area contributed by atoms with Crippen molar-refractivity contribution in [3.05, 3.63) is 0 Å². The average molecular weight is 171 g/mol. The maximum atomic E-state index is 9.65. The van der Waals surface area contributed by atoms with Crippen molar-refractivity contribution in [2.24, 2.45) is 0 Å². The highest BCUT2D eigenvalue weighted by atomic mass is 16.3. The minimum absolute atomic E-state index is 0.168. The molecule has 2 saturated heterocycles. The Morgan fingerprint density at radius 3 is 1.75 bits per heavy atom. The van der Waals surface area contributed by atoms with Crippen LogP contribution in [-0.4, -0.2) is 46.5 Å². The average Bonchev–Trinajstić information content (AvgIpc) is 2.01. The number of nitrogens with zero attached hydrogens (tertiary/aromatic N) is 1. The predicted molar refractivity (Wildman–Crippen MR) is 45.8 cm³/mol. The third-order valence-electron chi connectivity index (χ3n) is 3.45. The molecular formula is C9H17NO2. The Hall–Kier alpha value is -0.120. The lowest BCUT2D eigenvalue weighted by molar-refractivity contribution is -0.0850. The lowest BCUT2D eigenvalue weighted by Gasteiger charge is -2.48. The number of rotatable bonds is 0. The number of piperidine rings is 2.